The Morgan fingerprint density at radius 1 is 1.41 bits per heavy atom. The van der Waals surface area contributed by atoms with Gasteiger partial charge in [0, 0.05) is 7.05 Å². The maximum atomic E-state index is 12.7. The highest BCUT2D eigenvalue weighted by Crippen LogP contribution is 2.20. The monoisotopic (exact) mass is 309 g/mol. The number of aryl methyl sites for hydroxylation is 2. The number of carbonyl (C=O) groups is 1. The van der Waals surface area contributed by atoms with Crippen LogP contribution in [0.2, 0.25) is 0 Å². The highest BCUT2D eigenvalue weighted by Gasteiger charge is 2.21. The average Bonchev–Trinajstić information content (AvgIpc) is 2.88. The smallest absolute Gasteiger partial charge is 0.280 e. The van der Waals surface area contributed by atoms with Crippen molar-refractivity contribution in [3.63, 3.8) is 0 Å². The molecule has 0 bridgehead atoms. The fourth-order valence-corrected chi connectivity index (χ4v) is 2.23. The topological polar surface area (TPSA) is 67.2 Å². The first-order valence-corrected chi connectivity index (χ1v) is 6.73. The molecule has 2 N–H and O–H groups in total. The van der Waals surface area contributed by atoms with Crippen LogP contribution in [-0.4, -0.2) is 27.4 Å². The number of hydrogen-bond acceptors (Lipinski definition) is 3. The normalized spacial score (nSPS) is 12.5. The lowest BCUT2D eigenvalue weighted by molar-refractivity contribution is 0.0910. The minimum absolute atomic E-state index is 0.107. The van der Waals surface area contributed by atoms with Gasteiger partial charge in [-0.3, -0.25) is 9.48 Å². The number of alkyl halides is 2. The van der Waals surface area contributed by atoms with E-state index in [0.29, 0.717) is 0 Å². The Morgan fingerprint density at radius 2 is 2.09 bits per heavy atom. The van der Waals surface area contributed by atoms with Gasteiger partial charge in [0.15, 0.2) is 5.69 Å². The summed E-state index contributed by atoms with van der Waals surface area (Å²) in [6, 6.07) is 7.73. The number of hydrogen-bond donors (Lipinski definition) is 2. The summed E-state index contributed by atoms with van der Waals surface area (Å²) in [5, 5.41) is 15.9. The molecule has 7 heteroatoms. The van der Waals surface area contributed by atoms with Crippen LogP contribution in [0.1, 0.15) is 39.8 Å². The van der Waals surface area contributed by atoms with E-state index in [1.165, 1.54) is 7.05 Å². The van der Waals surface area contributed by atoms with Crippen LogP contribution >= 0.6 is 0 Å². The molecular weight excluding hydrogens is 292 g/mol. The van der Waals surface area contributed by atoms with Crippen molar-refractivity contribution in [3.05, 3.63) is 52.8 Å². The Hall–Kier alpha value is -2.28. The number of aliphatic hydroxyl groups is 1. The summed E-state index contributed by atoms with van der Waals surface area (Å²) in [5.41, 5.74) is 1.24. The van der Waals surface area contributed by atoms with Gasteiger partial charge < -0.3 is 10.4 Å². The predicted molar refractivity (Wildman–Crippen MR) is 76.6 cm³/mol. The molecule has 0 aliphatic carbocycles. The van der Waals surface area contributed by atoms with E-state index in [4.69, 9.17) is 0 Å². The summed E-state index contributed by atoms with van der Waals surface area (Å²) in [5.74, 6) is -0.607. The minimum atomic E-state index is -2.70. The van der Waals surface area contributed by atoms with Gasteiger partial charge in [-0.1, -0.05) is 24.3 Å². The number of carbonyl (C=O) groups excluding carboxylic acids is 1. The number of benzene rings is 1. The lowest BCUT2D eigenvalue weighted by atomic mass is 10.0. The summed E-state index contributed by atoms with van der Waals surface area (Å²) in [6.07, 6.45) is -2.70. The standard InChI is InChI=1S/C15H17F2N3O2/c1-9-5-3-4-6-10(9)12(8-21)18-15(22)11-7-13(14(16)17)20(2)19-11/h3-7,12,14,21H,8H2,1-2H3,(H,18,22). The van der Waals surface area contributed by atoms with Crippen LogP contribution in [0, 0.1) is 6.92 Å². The van der Waals surface area contributed by atoms with E-state index >= 15 is 0 Å². The van der Waals surface area contributed by atoms with Crippen LogP contribution in [0.5, 0.6) is 0 Å². The largest absolute Gasteiger partial charge is 0.394 e. The number of nitrogens with zero attached hydrogens (tertiary/aromatic N) is 2. The summed E-state index contributed by atoms with van der Waals surface area (Å²) >= 11 is 0. The molecule has 5 nitrogen and oxygen atoms in total. The van der Waals surface area contributed by atoms with Gasteiger partial charge in [-0.2, -0.15) is 5.10 Å². The second-order valence-electron chi connectivity index (χ2n) is 4.94. The molecule has 2 aromatic rings. The highest BCUT2D eigenvalue weighted by atomic mass is 19.3. The first-order valence-electron chi connectivity index (χ1n) is 6.73. The van der Waals surface area contributed by atoms with Crippen LogP contribution in [0.15, 0.2) is 30.3 Å². The van der Waals surface area contributed by atoms with Crippen molar-refractivity contribution in [1.29, 1.82) is 0 Å². The van der Waals surface area contributed by atoms with E-state index in [9.17, 15) is 18.7 Å². The molecule has 0 aliphatic heterocycles. The molecule has 0 radical (unpaired) electrons. The molecular formula is C15H17F2N3O2. The zero-order chi connectivity index (χ0) is 16.3. The number of amides is 1. The van der Waals surface area contributed by atoms with Crippen molar-refractivity contribution in [2.75, 3.05) is 6.61 Å². The quantitative estimate of drug-likeness (QED) is 0.889. The number of aliphatic hydroxyl groups excluding tert-OH is 1. The van der Waals surface area contributed by atoms with E-state index < -0.39 is 18.4 Å². The van der Waals surface area contributed by atoms with Crippen LogP contribution in [0.3, 0.4) is 0 Å². The molecule has 1 amide bonds. The van der Waals surface area contributed by atoms with Crippen LogP contribution in [0.25, 0.3) is 0 Å². The molecule has 0 spiro atoms. The van der Waals surface area contributed by atoms with Gasteiger partial charge in [-0.25, -0.2) is 8.78 Å². The van der Waals surface area contributed by atoms with Gasteiger partial charge in [0.25, 0.3) is 12.3 Å². The molecule has 1 heterocycles. The molecule has 1 unspecified atom stereocenters. The maximum absolute atomic E-state index is 12.7. The van der Waals surface area contributed by atoms with Gasteiger partial charge in [0.2, 0.25) is 0 Å². The van der Waals surface area contributed by atoms with Crippen LogP contribution in [0.4, 0.5) is 8.78 Å². The zero-order valence-electron chi connectivity index (χ0n) is 12.3. The first-order chi connectivity index (χ1) is 10.4. The second-order valence-corrected chi connectivity index (χ2v) is 4.94. The Kier molecular flexibility index (Phi) is 4.87. The van der Waals surface area contributed by atoms with Crippen molar-refractivity contribution in [2.24, 2.45) is 7.05 Å². The predicted octanol–water partition coefficient (Wildman–Crippen LogP) is 2.13. The van der Waals surface area contributed by atoms with Crippen molar-refractivity contribution >= 4 is 5.91 Å². The van der Waals surface area contributed by atoms with Gasteiger partial charge in [-0.05, 0) is 24.1 Å². The molecule has 118 valence electrons. The Bertz CT molecular complexity index is 671. The first kappa shape index (κ1) is 16.1. The highest BCUT2D eigenvalue weighted by molar-refractivity contribution is 5.92. The SMILES string of the molecule is Cc1ccccc1C(CO)NC(=O)c1cc(C(F)F)n(C)n1. The third kappa shape index (κ3) is 3.30. The second kappa shape index (κ2) is 6.65. The van der Waals surface area contributed by atoms with E-state index in [2.05, 4.69) is 10.4 Å². The van der Waals surface area contributed by atoms with Crippen molar-refractivity contribution < 1.29 is 18.7 Å². The Balaban J connectivity index is 2.20. The Morgan fingerprint density at radius 3 is 2.64 bits per heavy atom. The zero-order valence-corrected chi connectivity index (χ0v) is 12.3. The van der Waals surface area contributed by atoms with E-state index in [1.54, 1.807) is 12.1 Å². The van der Waals surface area contributed by atoms with E-state index in [1.807, 2.05) is 19.1 Å². The maximum Gasteiger partial charge on any atom is 0.280 e. The molecule has 0 aliphatic rings. The molecule has 0 saturated carbocycles. The molecule has 22 heavy (non-hydrogen) atoms. The molecule has 0 saturated heterocycles. The minimum Gasteiger partial charge on any atom is -0.394 e. The number of halogens is 2. The summed E-state index contributed by atoms with van der Waals surface area (Å²) in [6.45, 7) is 1.56. The molecule has 1 aromatic carbocycles. The van der Waals surface area contributed by atoms with Crippen molar-refractivity contribution in [2.45, 2.75) is 19.4 Å². The molecule has 1 atom stereocenters. The van der Waals surface area contributed by atoms with E-state index in [0.717, 1.165) is 21.9 Å². The van der Waals surface area contributed by atoms with Gasteiger partial charge in [0.05, 0.1) is 12.6 Å². The fraction of sp³-hybridized carbons (Fsp3) is 0.333. The Labute approximate surface area is 126 Å². The van der Waals surface area contributed by atoms with Crippen LogP contribution < -0.4 is 5.32 Å². The third-order valence-electron chi connectivity index (χ3n) is 3.42. The van der Waals surface area contributed by atoms with Gasteiger partial charge in [-0.15, -0.1) is 0 Å². The summed E-state index contributed by atoms with van der Waals surface area (Å²) in [4.78, 5) is 12.1. The average molecular weight is 309 g/mol. The molecule has 0 fully saturated rings. The van der Waals surface area contributed by atoms with Gasteiger partial charge in [0.1, 0.15) is 5.69 Å². The van der Waals surface area contributed by atoms with Crippen LogP contribution in [-0.2, 0) is 7.05 Å². The summed E-state index contributed by atoms with van der Waals surface area (Å²) in [7, 11) is 1.35. The van der Waals surface area contributed by atoms with Crippen molar-refractivity contribution in [1.82, 2.24) is 15.1 Å². The van der Waals surface area contributed by atoms with Gasteiger partial charge >= 0.3 is 0 Å². The number of aromatic nitrogens is 2. The fourth-order valence-electron chi connectivity index (χ4n) is 2.23. The molecule has 1 aromatic heterocycles. The van der Waals surface area contributed by atoms with E-state index in [-0.39, 0.29) is 18.0 Å². The summed E-state index contributed by atoms with van der Waals surface area (Å²) < 4.78 is 26.4. The third-order valence-corrected chi connectivity index (χ3v) is 3.42. The molecule has 2 rings (SSSR count). The lowest BCUT2D eigenvalue weighted by Gasteiger charge is -2.18. The number of rotatable bonds is 5. The van der Waals surface area contributed by atoms with Crippen molar-refractivity contribution in [3.8, 4) is 0 Å². The lowest BCUT2D eigenvalue weighted by Crippen LogP contribution is -2.31. The number of nitrogens with one attached hydrogen (secondary N) is 1.